The van der Waals surface area contributed by atoms with Crippen molar-refractivity contribution in [3.05, 3.63) is 51.6 Å². The lowest BCUT2D eigenvalue weighted by Gasteiger charge is -2.05. The number of nitrogens with zero attached hydrogens (tertiary/aromatic N) is 2. The molecular formula is C13H9ClFN3S. The molecular weight excluding hydrogens is 285 g/mol. The highest BCUT2D eigenvalue weighted by Crippen LogP contribution is 2.21. The van der Waals surface area contributed by atoms with Crippen LogP contribution in [0, 0.1) is 17.5 Å². The second kappa shape index (κ2) is 4.43. The van der Waals surface area contributed by atoms with Gasteiger partial charge in [0.05, 0.1) is 16.2 Å². The summed E-state index contributed by atoms with van der Waals surface area (Å²) in [5, 5.41) is 0.519. The maximum absolute atomic E-state index is 13.7. The Balaban J connectivity index is 2.32. The van der Waals surface area contributed by atoms with Gasteiger partial charge >= 0.3 is 0 Å². The van der Waals surface area contributed by atoms with E-state index in [9.17, 15) is 4.39 Å². The van der Waals surface area contributed by atoms with Gasteiger partial charge in [0.1, 0.15) is 5.82 Å². The van der Waals surface area contributed by atoms with Crippen LogP contribution in [0.15, 0.2) is 30.5 Å². The van der Waals surface area contributed by atoms with Gasteiger partial charge in [-0.05, 0) is 42.9 Å². The number of H-pyrrole nitrogens is 1. The van der Waals surface area contributed by atoms with Gasteiger partial charge < -0.3 is 4.98 Å². The fourth-order valence-corrected chi connectivity index (χ4v) is 2.39. The Morgan fingerprint density at radius 3 is 2.89 bits per heavy atom. The van der Waals surface area contributed by atoms with Crippen LogP contribution in [0.25, 0.3) is 16.9 Å². The average Bonchev–Trinajstić information content (AvgIpc) is 2.68. The molecule has 0 bridgehead atoms. The summed E-state index contributed by atoms with van der Waals surface area (Å²) in [6, 6.07) is 6.69. The molecule has 3 rings (SSSR count). The average molecular weight is 294 g/mol. The molecule has 6 heteroatoms. The Kier molecular flexibility index (Phi) is 2.88. The number of aryl methyl sites for hydroxylation is 1. The zero-order chi connectivity index (χ0) is 13.6. The Morgan fingerprint density at radius 2 is 2.16 bits per heavy atom. The van der Waals surface area contributed by atoms with Gasteiger partial charge in [-0.15, -0.1) is 0 Å². The van der Waals surface area contributed by atoms with Crippen molar-refractivity contribution in [2.45, 2.75) is 6.92 Å². The number of fused-ring (bicyclic) bond motifs is 1. The van der Waals surface area contributed by atoms with Crippen molar-refractivity contribution in [1.29, 1.82) is 0 Å². The minimum atomic E-state index is -0.275. The number of halogens is 2. The number of nitrogens with one attached hydrogen (secondary N) is 1. The van der Waals surface area contributed by atoms with E-state index in [2.05, 4.69) is 9.97 Å². The minimum Gasteiger partial charge on any atom is -0.329 e. The summed E-state index contributed by atoms with van der Waals surface area (Å²) in [6.45, 7) is 1.71. The van der Waals surface area contributed by atoms with Crippen molar-refractivity contribution in [2.75, 3.05) is 0 Å². The lowest BCUT2D eigenvalue weighted by Crippen LogP contribution is -1.97. The van der Waals surface area contributed by atoms with E-state index in [-0.39, 0.29) is 5.82 Å². The van der Waals surface area contributed by atoms with E-state index in [0.717, 1.165) is 5.52 Å². The SMILES string of the molecule is Cc1ccc(-n2c(=S)[nH]c3cc(Cl)cnc32)cc1F. The monoisotopic (exact) mass is 293 g/mol. The summed E-state index contributed by atoms with van der Waals surface area (Å²) >= 11 is 11.1. The molecule has 0 aliphatic heterocycles. The molecule has 96 valence electrons. The molecule has 0 atom stereocenters. The zero-order valence-corrected chi connectivity index (χ0v) is 11.5. The quantitative estimate of drug-likeness (QED) is 0.683. The van der Waals surface area contributed by atoms with E-state index >= 15 is 0 Å². The van der Waals surface area contributed by atoms with E-state index in [0.29, 0.717) is 26.7 Å². The molecule has 0 spiro atoms. The molecule has 3 nitrogen and oxygen atoms in total. The highest BCUT2D eigenvalue weighted by Gasteiger charge is 2.09. The third kappa shape index (κ3) is 2.05. The third-order valence-electron chi connectivity index (χ3n) is 2.90. The number of pyridine rings is 1. The number of benzene rings is 1. The molecule has 0 fully saturated rings. The number of rotatable bonds is 1. The van der Waals surface area contributed by atoms with Gasteiger partial charge in [-0.2, -0.15) is 0 Å². The fraction of sp³-hybridized carbons (Fsp3) is 0.0769. The summed E-state index contributed by atoms with van der Waals surface area (Å²) in [4.78, 5) is 7.25. The van der Waals surface area contributed by atoms with Gasteiger partial charge in [0.2, 0.25) is 0 Å². The topological polar surface area (TPSA) is 33.6 Å². The van der Waals surface area contributed by atoms with E-state index in [1.807, 2.05) is 0 Å². The predicted octanol–water partition coefficient (Wildman–Crippen LogP) is 4.18. The first-order valence-corrected chi connectivity index (χ1v) is 6.37. The number of imidazole rings is 1. The van der Waals surface area contributed by atoms with Crippen molar-refractivity contribution in [2.24, 2.45) is 0 Å². The molecule has 2 aromatic heterocycles. The van der Waals surface area contributed by atoms with Crippen LogP contribution in [0.4, 0.5) is 4.39 Å². The third-order valence-corrected chi connectivity index (χ3v) is 3.39. The van der Waals surface area contributed by atoms with Crippen LogP contribution in [0.1, 0.15) is 5.56 Å². The first kappa shape index (κ1) is 12.3. The Bertz CT molecular complexity index is 838. The second-order valence-electron chi connectivity index (χ2n) is 4.22. The van der Waals surface area contributed by atoms with Crippen LogP contribution in [0.3, 0.4) is 0 Å². The van der Waals surface area contributed by atoms with Crippen molar-refractivity contribution in [3.63, 3.8) is 0 Å². The molecule has 2 heterocycles. The van der Waals surface area contributed by atoms with Crippen molar-refractivity contribution >= 4 is 35.0 Å². The highest BCUT2D eigenvalue weighted by molar-refractivity contribution is 7.71. The van der Waals surface area contributed by atoms with Gasteiger partial charge in [0.25, 0.3) is 0 Å². The van der Waals surface area contributed by atoms with Gasteiger partial charge in [-0.1, -0.05) is 17.7 Å². The molecule has 0 saturated heterocycles. The number of hydrogen-bond acceptors (Lipinski definition) is 2. The molecule has 1 aromatic carbocycles. The van der Waals surface area contributed by atoms with Crippen molar-refractivity contribution in [3.8, 4) is 5.69 Å². The standard InChI is InChI=1S/C13H9ClFN3S/c1-7-2-3-9(5-10(7)15)18-12-11(17-13(18)19)4-8(14)6-16-12/h2-6H,1H3,(H,17,19). The minimum absolute atomic E-state index is 0.275. The van der Waals surface area contributed by atoms with E-state index in [1.165, 1.54) is 12.3 Å². The maximum atomic E-state index is 13.7. The molecule has 0 amide bonds. The second-order valence-corrected chi connectivity index (χ2v) is 5.05. The van der Waals surface area contributed by atoms with Gasteiger partial charge in [0.15, 0.2) is 10.4 Å². The first-order valence-electron chi connectivity index (χ1n) is 5.59. The summed E-state index contributed by atoms with van der Waals surface area (Å²) in [5.41, 5.74) is 2.57. The first-order chi connectivity index (χ1) is 9.06. The number of hydrogen-bond donors (Lipinski definition) is 1. The largest absolute Gasteiger partial charge is 0.329 e. The molecule has 1 N–H and O–H groups in total. The summed E-state index contributed by atoms with van der Waals surface area (Å²) in [5.74, 6) is -0.275. The molecule has 0 aliphatic carbocycles. The van der Waals surface area contributed by atoms with E-state index in [4.69, 9.17) is 23.8 Å². The summed E-state index contributed by atoms with van der Waals surface area (Å²) < 4.78 is 15.8. The smallest absolute Gasteiger partial charge is 0.184 e. The fourth-order valence-electron chi connectivity index (χ4n) is 1.93. The maximum Gasteiger partial charge on any atom is 0.184 e. The summed E-state index contributed by atoms with van der Waals surface area (Å²) in [6.07, 6.45) is 1.54. The van der Waals surface area contributed by atoms with Gasteiger partial charge in [0, 0.05) is 6.20 Å². The van der Waals surface area contributed by atoms with Crippen molar-refractivity contribution in [1.82, 2.24) is 14.5 Å². The van der Waals surface area contributed by atoms with Gasteiger partial charge in [-0.3, -0.25) is 4.57 Å². The zero-order valence-electron chi connectivity index (χ0n) is 9.95. The lowest BCUT2D eigenvalue weighted by atomic mass is 10.2. The lowest BCUT2D eigenvalue weighted by molar-refractivity contribution is 0.617. The van der Waals surface area contributed by atoms with E-state index in [1.54, 1.807) is 29.7 Å². The van der Waals surface area contributed by atoms with Crippen LogP contribution in [-0.2, 0) is 0 Å². The van der Waals surface area contributed by atoms with Gasteiger partial charge in [-0.25, -0.2) is 9.37 Å². The van der Waals surface area contributed by atoms with E-state index < -0.39 is 0 Å². The molecule has 0 aliphatic rings. The molecule has 19 heavy (non-hydrogen) atoms. The molecule has 0 unspecified atom stereocenters. The van der Waals surface area contributed by atoms with Crippen molar-refractivity contribution < 1.29 is 4.39 Å². The molecule has 0 radical (unpaired) electrons. The Labute approximate surface area is 118 Å². The summed E-state index contributed by atoms with van der Waals surface area (Å²) in [7, 11) is 0. The Morgan fingerprint density at radius 1 is 1.37 bits per heavy atom. The number of aromatic amines is 1. The van der Waals surface area contributed by atoms with Crippen LogP contribution in [0.2, 0.25) is 5.02 Å². The Hall–Kier alpha value is -1.72. The normalized spacial score (nSPS) is 11.1. The van der Waals surface area contributed by atoms with Crippen LogP contribution < -0.4 is 0 Å². The molecule has 3 aromatic rings. The van der Waals surface area contributed by atoms with Crippen LogP contribution in [-0.4, -0.2) is 14.5 Å². The highest BCUT2D eigenvalue weighted by atomic mass is 35.5. The number of aromatic nitrogens is 3. The van der Waals surface area contributed by atoms with Crippen LogP contribution in [0.5, 0.6) is 0 Å². The molecule has 0 saturated carbocycles. The van der Waals surface area contributed by atoms with Crippen LogP contribution >= 0.6 is 23.8 Å². The predicted molar refractivity (Wildman–Crippen MR) is 76.0 cm³/mol.